The van der Waals surface area contributed by atoms with E-state index in [0.29, 0.717) is 11.1 Å². The quantitative estimate of drug-likeness (QED) is 0.199. The Balaban J connectivity index is 1.86. The van der Waals surface area contributed by atoms with Gasteiger partial charge in [-0.25, -0.2) is 4.98 Å². The Morgan fingerprint density at radius 3 is 2.16 bits per heavy atom. The molecule has 0 atom stereocenters. The number of ether oxygens (including phenoxy) is 1. The summed E-state index contributed by atoms with van der Waals surface area (Å²) < 4.78 is 88.1. The Morgan fingerprint density at radius 1 is 0.886 bits per heavy atom. The molecule has 2 aromatic carbocycles. The van der Waals surface area contributed by atoms with Gasteiger partial charge in [0.15, 0.2) is 6.61 Å². The zero-order chi connectivity index (χ0) is 32.4. The molecular weight excluding hydrogens is 592 g/mol. The number of hydrogen-bond acceptors (Lipinski definition) is 5. The normalized spacial score (nSPS) is 12.3. The SMILES string of the molecule is CNC(=O)c1c(-c2ccc(OCC(F)(F)F)cc2)oc2nc(CCC(F)(F)F)c(-c3cccc(C(=O)NC(C)(C)C)c3)cc12. The van der Waals surface area contributed by atoms with Crippen LogP contribution in [-0.4, -0.2) is 48.3 Å². The Kier molecular flexibility index (Phi) is 8.98. The molecule has 0 aliphatic heterocycles. The van der Waals surface area contributed by atoms with Crippen LogP contribution < -0.4 is 15.4 Å². The highest BCUT2D eigenvalue weighted by Gasteiger charge is 2.30. The molecular formula is C31H29F6N3O4. The van der Waals surface area contributed by atoms with Crippen LogP contribution in [0.5, 0.6) is 5.75 Å². The van der Waals surface area contributed by atoms with Crippen LogP contribution >= 0.6 is 0 Å². The fraction of sp³-hybridized carbons (Fsp3) is 0.323. The number of halogens is 6. The smallest absolute Gasteiger partial charge is 0.422 e. The highest BCUT2D eigenvalue weighted by molar-refractivity contribution is 6.11. The van der Waals surface area contributed by atoms with E-state index in [9.17, 15) is 35.9 Å². The van der Waals surface area contributed by atoms with Crippen molar-refractivity contribution in [1.82, 2.24) is 15.6 Å². The summed E-state index contributed by atoms with van der Waals surface area (Å²) in [5.74, 6) is -1.05. The molecule has 234 valence electrons. The number of fused-ring (bicyclic) bond motifs is 1. The summed E-state index contributed by atoms with van der Waals surface area (Å²) in [5.41, 5.74) is 0.622. The van der Waals surface area contributed by atoms with E-state index in [1.807, 2.05) is 20.8 Å². The Morgan fingerprint density at radius 2 is 1.57 bits per heavy atom. The number of nitrogens with one attached hydrogen (secondary N) is 2. The number of carbonyl (C=O) groups is 2. The third-order valence-corrected chi connectivity index (χ3v) is 6.30. The number of pyridine rings is 1. The minimum absolute atomic E-state index is 0.00597. The van der Waals surface area contributed by atoms with Crippen molar-refractivity contribution in [2.24, 2.45) is 0 Å². The Labute approximate surface area is 248 Å². The van der Waals surface area contributed by atoms with Crippen LogP contribution in [0.15, 0.2) is 59.0 Å². The van der Waals surface area contributed by atoms with Gasteiger partial charge in [0.1, 0.15) is 11.5 Å². The van der Waals surface area contributed by atoms with Gasteiger partial charge >= 0.3 is 12.4 Å². The number of hydrogen-bond donors (Lipinski definition) is 2. The molecule has 44 heavy (non-hydrogen) atoms. The van der Waals surface area contributed by atoms with Crippen molar-refractivity contribution in [3.05, 3.63) is 71.4 Å². The average Bonchev–Trinajstić information content (AvgIpc) is 3.31. The second kappa shape index (κ2) is 12.2. The van der Waals surface area contributed by atoms with E-state index < -0.39 is 43.2 Å². The van der Waals surface area contributed by atoms with E-state index in [1.54, 1.807) is 18.2 Å². The van der Waals surface area contributed by atoms with Gasteiger partial charge in [0.25, 0.3) is 11.8 Å². The fourth-order valence-corrected chi connectivity index (χ4v) is 4.42. The van der Waals surface area contributed by atoms with Gasteiger partial charge in [-0.1, -0.05) is 12.1 Å². The molecule has 0 fully saturated rings. The number of benzene rings is 2. The first-order valence-electron chi connectivity index (χ1n) is 13.4. The molecule has 4 aromatic rings. The third kappa shape index (κ3) is 8.08. The van der Waals surface area contributed by atoms with Crippen molar-refractivity contribution in [2.45, 2.75) is 51.5 Å². The first-order chi connectivity index (χ1) is 20.4. The second-order valence-electron chi connectivity index (χ2n) is 11.0. The topological polar surface area (TPSA) is 93.5 Å². The summed E-state index contributed by atoms with van der Waals surface area (Å²) in [4.78, 5) is 30.3. The molecule has 0 radical (unpaired) electrons. The van der Waals surface area contributed by atoms with E-state index in [1.165, 1.54) is 43.4 Å². The highest BCUT2D eigenvalue weighted by Crippen LogP contribution is 2.38. The molecule has 0 saturated carbocycles. The lowest BCUT2D eigenvalue weighted by molar-refractivity contribution is -0.153. The van der Waals surface area contributed by atoms with Crippen LogP contribution in [0.2, 0.25) is 0 Å². The van der Waals surface area contributed by atoms with Gasteiger partial charge in [-0.15, -0.1) is 0 Å². The number of carbonyl (C=O) groups excluding carboxylic acids is 2. The first kappa shape index (κ1) is 32.4. The number of aryl methyl sites for hydroxylation is 1. The van der Waals surface area contributed by atoms with Crippen molar-refractivity contribution in [3.63, 3.8) is 0 Å². The summed E-state index contributed by atoms with van der Waals surface area (Å²) in [6.07, 6.45) is -10.7. The summed E-state index contributed by atoms with van der Waals surface area (Å²) in [7, 11) is 1.38. The molecule has 4 rings (SSSR count). The van der Waals surface area contributed by atoms with E-state index in [4.69, 9.17) is 9.15 Å². The molecule has 2 aromatic heterocycles. The molecule has 0 unspecified atom stereocenters. The van der Waals surface area contributed by atoms with Gasteiger partial charge in [0.05, 0.1) is 16.6 Å². The van der Waals surface area contributed by atoms with Crippen molar-refractivity contribution >= 4 is 22.9 Å². The fourth-order valence-electron chi connectivity index (χ4n) is 4.42. The van der Waals surface area contributed by atoms with Gasteiger partial charge in [-0.05, 0) is 75.2 Å². The van der Waals surface area contributed by atoms with Crippen LogP contribution in [0.1, 0.15) is 53.6 Å². The number of alkyl halides is 6. The molecule has 13 heteroatoms. The summed E-state index contributed by atoms with van der Waals surface area (Å²) in [5, 5.41) is 5.53. The van der Waals surface area contributed by atoms with Crippen molar-refractivity contribution in [1.29, 1.82) is 0 Å². The number of aromatic nitrogens is 1. The minimum Gasteiger partial charge on any atom is -0.484 e. The minimum atomic E-state index is -4.53. The van der Waals surface area contributed by atoms with Crippen LogP contribution in [0.25, 0.3) is 33.6 Å². The monoisotopic (exact) mass is 621 g/mol. The van der Waals surface area contributed by atoms with Crippen LogP contribution in [-0.2, 0) is 6.42 Å². The number of rotatable bonds is 8. The van der Waals surface area contributed by atoms with Crippen LogP contribution in [0.3, 0.4) is 0 Å². The molecule has 0 bridgehead atoms. The van der Waals surface area contributed by atoms with Gasteiger partial charge in [-0.2, -0.15) is 26.3 Å². The maximum atomic E-state index is 13.3. The zero-order valence-electron chi connectivity index (χ0n) is 24.2. The predicted octanol–water partition coefficient (Wildman–Crippen LogP) is 7.49. The number of furan rings is 1. The molecule has 0 saturated heterocycles. The highest BCUT2D eigenvalue weighted by atomic mass is 19.4. The first-order valence-corrected chi connectivity index (χ1v) is 13.4. The van der Waals surface area contributed by atoms with Crippen LogP contribution in [0.4, 0.5) is 26.3 Å². The van der Waals surface area contributed by atoms with Crippen molar-refractivity contribution in [2.75, 3.05) is 13.7 Å². The summed E-state index contributed by atoms with van der Waals surface area (Å²) in [6.45, 7) is 3.93. The third-order valence-electron chi connectivity index (χ3n) is 6.30. The van der Waals surface area contributed by atoms with E-state index >= 15 is 0 Å². The largest absolute Gasteiger partial charge is 0.484 e. The van der Waals surface area contributed by atoms with E-state index in [-0.39, 0.29) is 50.9 Å². The zero-order valence-corrected chi connectivity index (χ0v) is 24.2. The van der Waals surface area contributed by atoms with E-state index in [2.05, 4.69) is 15.6 Å². The Bertz CT molecular complexity index is 1670. The van der Waals surface area contributed by atoms with Gasteiger partial charge in [-0.3, -0.25) is 9.59 Å². The average molecular weight is 622 g/mol. The summed E-state index contributed by atoms with van der Waals surface area (Å²) in [6, 6.07) is 13.1. The lowest BCUT2D eigenvalue weighted by Crippen LogP contribution is -2.40. The molecule has 2 amide bonds. The van der Waals surface area contributed by atoms with E-state index in [0.717, 1.165) is 0 Å². The summed E-state index contributed by atoms with van der Waals surface area (Å²) >= 11 is 0. The molecule has 7 nitrogen and oxygen atoms in total. The van der Waals surface area contributed by atoms with Gasteiger partial charge in [0.2, 0.25) is 5.71 Å². The number of amides is 2. The van der Waals surface area contributed by atoms with Gasteiger partial charge < -0.3 is 19.8 Å². The van der Waals surface area contributed by atoms with Gasteiger partial charge in [0, 0.05) is 35.7 Å². The molecule has 0 aliphatic carbocycles. The Hall–Kier alpha value is -4.55. The predicted molar refractivity (Wildman–Crippen MR) is 151 cm³/mol. The maximum absolute atomic E-state index is 13.3. The number of nitrogens with zero attached hydrogens (tertiary/aromatic N) is 1. The van der Waals surface area contributed by atoms with Crippen molar-refractivity contribution in [3.8, 4) is 28.2 Å². The van der Waals surface area contributed by atoms with Crippen molar-refractivity contribution < 1.29 is 45.1 Å². The molecule has 0 aliphatic rings. The lowest BCUT2D eigenvalue weighted by Gasteiger charge is -2.20. The molecule has 2 N–H and O–H groups in total. The standard InChI is InChI=1S/C31H29F6N3O4/c1-29(2,3)40-26(41)19-7-5-6-18(14-19)21-15-22-24(27(42)38-4)25(44-28(22)39-23(21)12-13-30(32,33)34)17-8-10-20(11-9-17)43-16-31(35,36)37/h5-11,14-15H,12-13,16H2,1-4H3,(H,38,42)(H,40,41). The molecule has 0 spiro atoms. The molecule has 2 heterocycles. The maximum Gasteiger partial charge on any atom is 0.422 e. The second-order valence-corrected chi connectivity index (χ2v) is 11.0. The lowest BCUT2D eigenvalue weighted by atomic mass is 9.96. The van der Waals surface area contributed by atoms with Crippen LogP contribution in [0, 0.1) is 0 Å².